The first kappa shape index (κ1) is 21.6. The van der Waals surface area contributed by atoms with Crippen LogP contribution in [0.15, 0.2) is 24.3 Å². The second-order valence-corrected chi connectivity index (χ2v) is 10.5. The van der Waals surface area contributed by atoms with Crippen LogP contribution in [0.2, 0.25) is 0 Å². The molecular weight excluding hydrogens is 376 g/mol. The number of benzene rings is 1. The van der Waals surface area contributed by atoms with Gasteiger partial charge in [-0.2, -0.15) is 0 Å². The Bertz CT molecular complexity index is 775. The Kier molecular flexibility index (Phi) is 5.65. The van der Waals surface area contributed by atoms with Crippen LogP contribution in [0.25, 0.3) is 0 Å². The van der Waals surface area contributed by atoms with Gasteiger partial charge in [0.25, 0.3) is 0 Å². The van der Waals surface area contributed by atoms with Crippen LogP contribution >= 0.6 is 0 Å². The van der Waals surface area contributed by atoms with Gasteiger partial charge < -0.3 is 20.1 Å². The molecule has 1 aromatic carbocycles. The summed E-state index contributed by atoms with van der Waals surface area (Å²) in [6.07, 6.45) is 3.24. The number of fused-ring (bicyclic) bond motifs is 4. The molecule has 166 valence electrons. The third-order valence-corrected chi connectivity index (χ3v) is 7.79. The van der Waals surface area contributed by atoms with Crippen LogP contribution in [-0.4, -0.2) is 35.7 Å². The monoisotopic (exact) mass is 414 g/mol. The van der Waals surface area contributed by atoms with E-state index in [9.17, 15) is 4.79 Å². The molecule has 6 atom stereocenters. The van der Waals surface area contributed by atoms with Crippen LogP contribution < -0.4 is 15.4 Å². The number of amides is 1. The summed E-state index contributed by atoms with van der Waals surface area (Å²) in [6, 6.07) is 8.73. The second kappa shape index (κ2) is 7.83. The summed E-state index contributed by atoms with van der Waals surface area (Å²) in [5, 5.41) is 7.32. The molecule has 1 aromatic rings. The van der Waals surface area contributed by atoms with Gasteiger partial charge in [-0.25, -0.2) is 0 Å². The van der Waals surface area contributed by atoms with E-state index in [-0.39, 0.29) is 35.1 Å². The minimum Gasteiger partial charge on any atom is -0.491 e. The minimum absolute atomic E-state index is 0.00917. The fourth-order valence-corrected chi connectivity index (χ4v) is 6.60. The first-order chi connectivity index (χ1) is 14.1. The van der Waals surface area contributed by atoms with Gasteiger partial charge in [0.2, 0.25) is 5.91 Å². The number of hydrogen-bond donors (Lipinski definition) is 2. The lowest BCUT2D eigenvalue weighted by Gasteiger charge is -2.63. The molecule has 2 unspecified atom stereocenters. The van der Waals surface area contributed by atoms with E-state index in [1.807, 2.05) is 26.0 Å². The van der Waals surface area contributed by atoms with Gasteiger partial charge >= 0.3 is 0 Å². The summed E-state index contributed by atoms with van der Waals surface area (Å²) in [5.41, 5.74) is 1.06. The Balaban J connectivity index is 1.70. The summed E-state index contributed by atoms with van der Waals surface area (Å²) in [7, 11) is 0. The number of carbonyl (C=O) groups is 1. The summed E-state index contributed by atoms with van der Waals surface area (Å²) in [5.74, 6) is 2.19. The minimum atomic E-state index is -0.221. The van der Waals surface area contributed by atoms with Crippen molar-refractivity contribution in [3.63, 3.8) is 0 Å². The van der Waals surface area contributed by atoms with E-state index >= 15 is 0 Å². The van der Waals surface area contributed by atoms with Crippen molar-refractivity contribution < 1.29 is 14.3 Å². The molecule has 0 spiro atoms. The highest BCUT2D eigenvalue weighted by Crippen LogP contribution is 2.56. The van der Waals surface area contributed by atoms with Gasteiger partial charge in [0.05, 0.1) is 17.7 Å². The molecule has 3 fully saturated rings. The summed E-state index contributed by atoms with van der Waals surface area (Å²) >= 11 is 0. The highest BCUT2D eigenvalue weighted by Gasteiger charge is 2.60. The largest absolute Gasteiger partial charge is 0.491 e. The van der Waals surface area contributed by atoms with E-state index < -0.39 is 0 Å². The molecular formula is C25H38N2O3. The molecule has 0 radical (unpaired) electrons. The smallest absolute Gasteiger partial charge is 0.217 e. The number of nitrogens with one attached hydrogen (secondary N) is 2. The Morgan fingerprint density at radius 1 is 1.20 bits per heavy atom. The maximum atomic E-state index is 12.4. The first-order valence-corrected chi connectivity index (χ1v) is 11.6. The fourth-order valence-electron chi connectivity index (χ4n) is 6.60. The van der Waals surface area contributed by atoms with Crippen molar-refractivity contribution >= 4 is 5.91 Å². The van der Waals surface area contributed by atoms with Crippen molar-refractivity contribution in [1.82, 2.24) is 10.6 Å². The van der Waals surface area contributed by atoms with E-state index in [0.717, 1.165) is 25.0 Å². The van der Waals surface area contributed by atoms with Crippen LogP contribution in [0, 0.1) is 17.8 Å². The van der Waals surface area contributed by atoms with E-state index in [4.69, 9.17) is 9.47 Å². The van der Waals surface area contributed by atoms with Gasteiger partial charge in [0.1, 0.15) is 5.75 Å². The zero-order chi connectivity index (χ0) is 21.7. The maximum Gasteiger partial charge on any atom is 0.217 e. The Morgan fingerprint density at radius 2 is 1.87 bits per heavy atom. The lowest BCUT2D eigenvalue weighted by Crippen LogP contribution is -2.73. The number of ether oxygens (including phenoxy) is 2. The topological polar surface area (TPSA) is 59.6 Å². The molecule has 2 heterocycles. The molecule has 2 aliphatic heterocycles. The Hall–Kier alpha value is -1.59. The molecule has 2 N–H and O–H groups in total. The standard InChI is InChI=1S/C25H38N2O3/c1-15(2)30-20-9-7-18(8-10-20)23-22-14-19-13-21(16(3)26-24(19,5)6)25(22,11-12-29-23)27-17(4)28/h7-10,15-16,19,21-23,26H,11-14H2,1-6H3,(H,27,28)/t16-,19?,21?,22+,23+,25+/m1/s1. The molecule has 5 heteroatoms. The number of piperidine rings is 1. The molecule has 1 amide bonds. The fraction of sp³-hybridized carbons (Fsp3) is 0.720. The van der Waals surface area contributed by atoms with Crippen LogP contribution in [0.3, 0.4) is 0 Å². The molecule has 3 aliphatic rings. The average Bonchev–Trinajstić information content (AvgIpc) is 2.65. The second-order valence-electron chi connectivity index (χ2n) is 10.5. The van der Waals surface area contributed by atoms with Crippen LogP contribution in [0.5, 0.6) is 5.75 Å². The van der Waals surface area contributed by atoms with Crippen LogP contribution in [0.4, 0.5) is 0 Å². The quantitative estimate of drug-likeness (QED) is 0.774. The maximum absolute atomic E-state index is 12.4. The highest BCUT2D eigenvalue weighted by atomic mass is 16.5. The predicted octanol–water partition coefficient (Wildman–Crippen LogP) is 4.22. The van der Waals surface area contributed by atoms with Crippen molar-refractivity contribution in [1.29, 1.82) is 0 Å². The summed E-state index contributed by atoms with van der Waals surface area (Å²) in [4.78, 5) is 12.4. The first-order valence-electron chi connectivity index (χ1n) is 11.6. The third-order valence-electron chi connectivity index (χ3n) is 7.79. The van der Waals surface area contributed by atoms with Crippen molar-refractivity contribution in [2.24, 2.45) is 17.8 Å². The lowest BCUT2D eigenvalue weighted by atomic mass is 9.52. The molecule has 0 aromatic heterocycles. The molecule has 1 aliphatic carbocycles. The van der Waals surface area contributed by atoms with E-state index in [0.29, 0.717) is 24.5 Å². The van der Waals surface area contributed by atoms with Crippen molar-refractivity contribution in [2.75, 3.05) is 6.61 Å². The van der Waals surface area contributed by atoms with Crippen LogP contribution in [0.1, 0.15) is 72.5 Å². The lowest BCUT2D eigenvalue weighted by molar-refractivity contribution is -0.160. The zero-order valence-electron chi connectivity index (χ0n) is 19.3. The van der Waals surface area contributed by atoms with Gasteiger partial charge in [-0.1, -0.05) is 12.1 Å². The van der Waals surface area contributed by atoms with Crippen molar-refractivity contribution in [3.8, 4) is 5.75 Å². The molecule has 4 rings (SSSR count). The summed E-state index contributed by atoms with van der Waals surface area (Å²) < 4.78 is 12.2. The number of hydrogen-bond acceptors (Lipinski definition) is 4. The summed E-state index contributed by atoms with van der Waals surface area (Å²) in [6.45, 7) is 13.3. The van der Waals surface area contributed by atoms with Gasteiger partial charge in [-0.05, 0) is 83.4 Å². The zero-order valence-corrected chi connectivity index (χ0v) is 19.3. The van der Waals surface area contributed by atoms with E-state index in [2.05, 4.69) is 43.5 Å². The van der Waals surface area contributed by atoms with Crippen molar-refractivity contribution in [2.45, 2.75) is 90.1 Å². The van der Waals surface area contributed by atoms with Gasteiger partial charge in [-0.3, -0.25) is 4.79 Å². The number of carbonyl (C=O) groups excluding carboxylic acids is 1. The highest BCUT2D eigenvalue weighted by molar-refractivity contribution is 5.74. The van der Waals surface area contributed by atoms with Gasteiger partial charge in [-0.15, -0.1) is 0 Å². The van der Waals surface area contributed by atoms with E-state index in [1.54, 1.807) is 6.92 Å². The average molecular weight is 415 g/mol. The SMILES string of the molecule is CC(=O)N[C@]12CCO[C@@H](c3ccc(OC(C)C)cc3)[C@@H]1CC1CC2[C@@H](C)NC1(C)C. The Morgan fingerprint density at radius 3 is 2.50 bits per heavy atom. The molecule has 2 saturated heterocycles. The Labute approximate surface area is 181 Å². The van der Waals surface area contributed by atoms with Crippen LogP contribution in [-0.2, 0) is 9.53 Å². The van der Waals surface area contributed by atoms with E-state index in [1.165, 1.54) is 5.56 Å². The molecule has 1 saturated carbocycles. The van der Waals surface area contributed by atoms with Gasteiger partial charge in [0.15, 0.2) is 0 Å². The van der Waals surface area contributed by atoms with Gasteiger partial charge in [0, 0.05) is 31.0 Å². The molecule has 5 nitrogen and oxygen atoms in total. The third kappa shape index (κ3) is 3.75. The van der Waals surface area contributed by atoms with Crippen molar-refractivity contribution in [3.05, 3.63) is 29.8 Å². The predicted molar refractivity (Wildman–Crippen MR) is 118 cm³/mol. The molecule has 30 heavy (non-hydrogen) atoms. The normalized spacial score (nSPS) is 37.4. The number of rotatable bonds is 4. The molecule has 2 bridgehead atoms.